The standard InChI is InChI=1S/C25H31ClN2O/c1-2-25(29)28-18-14-21(23-5-3-4-6-24(23)28)13-17-27-15-11-20(12-16-27)19-7-9-22(26)10-8-19/h3-10,20-21H,2,11-18H2,1H3. The second kappa shape index (κ2) is 9.32. The largest absolute Gasteiger partial charge is 0.312 e. The van der Waals surface area contributed by atoms with Crippen molar-refractivity contribution in [1.82, 2.24) is 4.90 Å². The first-order chi connectivity index (χ1) is 14.2. The van der Waals surface area contributed by atoms with Crippen LogP contribution in [0.1, 0.15) is 62.0 Å². The van der Waals surface area contributed by atoms with Crippen LogP contribution in [-0.4, -0.2) is 37.0 Å². The molecule has 1 unspecified atom stereocenters. The highest BCUT2D eigenvalue weighted by molar-refractivity contribution is 6.30. The Balaban J connectivity index is 1.33. The first kappa shape index (κ1) is 20.4. The van der Waals surface area contributed by atoms with Crippen molar-refractivity contribution in [2.24, 2.45) is 0 Å². The van der Waals surface area contributed by atoms with Gasteiger partial charge in [0.05, 0.1) is 0 Å². The molecule has 154 valence electrons. The molecule has 0 spiro atoms. The van der Waals surface area contributed by atoms with Gasteiger partial charge >= 0.3 is 0 Å². The molecule has 1 saturated heterocycles. The Morgan fingerprint density at radius 2 is 1.72 bits per heavy atom. The maximum atomic E-state index is 12.3. The van der Waals surface area contributed by atoms with Crippen LogP contribution < -0.4 is 4.90 Å². The number of likely N-dealkylation sites (tertiary alicyclic amines) is 1. The lowest BCUT2D eigenvalue weighted by molar-refractivity contribution is -0.118. The molecule has 0 saturated carbocycles. The van der Waals surface area contributed by atoms with Crippen molar-refractivity contribution in [3.8, 4) is 0 Å². The van der Waals surface area contributed by atoms with Gasteiger partial charge in [-0.1, -0.05) is 48.9 Å². The highest BCUT2D eigenvalue weighted by Gasteiger charge is 2.28. The molecule has 1 atom stereocenters. The van der Waals surface area contributed by atoms with Crippen molar-refractivity contribution >= 4 is 23.2 Å². The molecule has 3 nitrogen and oxygen atoms in total. The molecule has 0 radical (unpaired) electrons. The fraction of sp³-hybridized carbons (Fsp3) is 0.480. The second-order valence-electron chi connectivity index (χ2n) is 8.40. The molecule has 2 heterocycles. The number of piperidine rings is 1. The molecule has 2 aromatic carbocycles. The molecule has 29 heavy (non-hydrogen) atoms. The van der Waals surface area contributed by atoms with Crippen molar-refractivity contribution in [3.63, 3.8) is 0 Å². The van der Waals surface area contributed by atoms with Gasteiger partial charge in [-0.2, -0.15) is 0 Å². The number of benzene rings is 2. The predicted molar refractivity (Wildman–Crippen MR) is 121 cm³/mol. The van der Waals surface area contributed by atoms with E-state index in [4.69, 9.17) is 11.6 Å². The summed E-state index contributed by atoms with van der Waals surface area (Å²) in [6, 6.07) is 16.9. The predicted octanol–water partition coefficient (Wildman–Crippen LogP) is 5.84. The number of nitrogens with zero attached hydrogens (tertiary/aromatic N) is 2. The first-order valence-electron chi connectivity index (χ1n) is 11.0. The van der Waals surface area contributed by atoms with Gasteiger partial charge in [0.1, 0.15) is 0 Å². The van der Waals surface area contributed by atoms with E-state index >= 15 is 0 Å². The minimum absolute atomic E-state index is 0.236. The minimum atomic E-state index is 0.236. The number of hydrogen-bond donors (Lipinski definition) is 0. The molecule has 4 heteroatoms. The number of amides is 1. The summed E-state index contributed by atoms with van der Waals surface area (Å²) in [6.07, 6.45) is 5.27. The average molecular weight is 411 g/mol. The monoisotopic (exact) mass is 410 g/mol. The zero-order chi connectivity index (χ0) is 20.2. The molecule has 1 fully saturated rings. The molecule has 2 aliphatic rings. The summed E-state index contributed by atoms with van der Waals surface area (Å²) in [5.74, 6) is 1.45. The zero-order valence-electron chi connectivity index (χ0n) is 17.3. The van der Waals surface area contributed by atoms with E-state index in [1.807, 2.05) is 24.0 Å². The van der Waals surface area contributed by atoms with Gasteiger partial charge in [0.2, 0.25) is 5.91 Å². The van der Waals surface area contributed by atoms with Crippen LogP contribution >= 0.6 is 11.6 Å². The van der Waals surface area contributed by atoms with Crippen molar-refractivity contribution in [2.45, 2.75) is 50.9 Å². The number of rotatable bonds is 5. The van der Waals surface area contributed by atoms with Crippen molar-refractivity contribution in [2.75, 3.05) is 31.1 Å². The van der Waals surface area contributed by atoms with E-state index in [9.17, 15) is 4.79 Å². The summed E-state index contributed by atoms with van der Waals surface area (Å²) in [5, 5.41) is 0.818. The molecule has 1 amide bonds. The van der Waals surface area contributed by atoms with E-state index < -0.39 is 0 Å². The maximum absolute atomic E-state index is 12.3. The Bertz CT molecular complexity index is 827. The van der Waals surface area contributed by atoms with Crippen LogP contribution in [0.25, 0.3) is 0 Å². The first-order valence-corrected chi connectivity index (χ1v) is 11.4. The third kappa shape index (κ3) is 4.67. The third-order valence-electron chi connectivity index (χ3n) is 6.69. The molecule has 0 aliphatic carbocycles. The summed E-state index contributed by atoms with van der Waals surface area (Å²) >= 11 is 6.03. The lowest BCUT2D eigenvalue weighted by Crippen LogP contribution is -2.38. The molecule has 0 bridgehead atoms. The fourth-order valence-electron chi connectivity index (χ4n) is 4.95. The Morgan fingerprint density at radius 3 is 2.45 bits per heavy atom. The smallest absolute Gasteiger partial charge is 0.226 e. The maximum Gasteiger partial charge on any atom is 0.226 e. The Labute approximate surface area is 179 Å². The van der Waals surface area contributed by atoms with Gasteiger partial charge in [0.15, 0.2) is 0 Å². The van der Waals surface area contributed by atoms with Crippen LogP contribution in [0.15, 0.2) is 48.5 Å². The average Bonchev–Trinajstić information content (AvgIpc) is 2.78. The van der Waals surface area contributed by atoms with Gasteiger partial charge in [0, 0.05) is 23.7 Å². The summed E-state index contributed by atoms with van der Waals surface area (Å²) in [7, 11) is 0. The van der Waals surface area contributed by atoms with Gasteiger partial charge in [0.25, 0.3) is 0 Å². The van der Waals surface area contributed by atoms with Crippen LogP contribution in [0, 0.1) is 0 Å². The van der Waals surface area contributed by atoms with Crippen molar-refractivity contribution in [3.05, 3.63) is 64.7 Å². The Morgan fingerprint density at radius 1 is 1.00 bits per heavy atom. The Hall–Kier alpha value is -1.84. The van der Waals surface area contributed by atoms with E-state index in [0.717, 1.165) is 30.2 Å². The van der Waals surface area contributed by atoms with Crippen LogP contribution in [-0.2, 0) is 4.79 Å². The minimum Gasteiger partial charge on any atom is -0.312 e. The fourth-order valence-corrected chi connectivity index (χ4v) is 5.08. The van der Waals surface area contributed by atoms with Gasteiger partial charge in [-0.25, -0.2) is 0 Å². The quantitative estimate of drug-likeness (QED) is 0.618. The number of halogens is 1. The number of fused-ring (bicyclic) bond motifs is 1. The van der Waals surface area contributed by atoms with Gasteiger partial charge in [-0.3, -0.25) is 4.79 Å². The van der Waals surface area contributed by atoms with Crippen LogP contribution in [0.2, 0.25) is 5.02 Å². The lowest BCUT2D eigenvalue weighted by atomic mass is 9.86. The number of hydrogen-bond acceptors (Lipinski definition) is 2. The SMILES string of the molecule is CCC(=O)N1CCC(CCN2CCC(c3ccc(Cl)cc3)CC2)c2ccccc21. The van der Waals surface area contributed by atoms with E-state index in [-0.39, 0.29) is 5.91 Å². The van der Waals surface area contributed by atoms with E-state index in [2.05, 4.69) is 41.3 Å². The number of anilines is 1. The van der Waals surface area contributed by atoms with Gasteiger partial charge < -0.3 is 9.80 Å². The number of carbonyl (C=O) groups is 1. The van der Waals surface area contributed by atoms with Crippen LogP contribution in [0.5, 0.6) is 0 Å². The van der Waals surface area contributed by atoms with E-state index in [1.54, 1.807) is 0 Å². The van der Waals surface area contributed by atoms with E-state index in [1.165, 1.54) is 43.5 Å². The second-order valence-corrected chi connectivity index (χ2v) is 8.84. The highest BCUT2D eigenvalue weighted by Crippen LogP contribution is 2.38. The molecule has 2 aliphatic heterocycles. The van der Waals surface area contributed by atoms with Gasteiger partial charge in [-0.15, -0.1) is 0 Å². The van der Waals surface area contributed by atoms with Crippen LogP contribution in [0.4, 0.5) is 5.69 Å². The summed E-state index contributed by atoms with van der Waals surface area (Å²) in [5.41, 5.74) is 3.92. The summed E-state index contributed by atoms with van der Waals surface area (Å²) < 4.78 is 0. The number of carbonyl (C=O) groups excluding carboxylic acids is 1. The molecule has 0 aromatic heterocycles. The summed E-state index contributed by atoms with van der Waals surface area (Å²) in [4.78, 5) is 16.9. The third-order valence-corrected chi connectivity index (χ3v) is 6.95. The lowest BCUT2D eigenvalue weighted by Gasteiger charge is -2.36. The van der Waals surface area contributed by atoms with Crippen molar-refractivity contribution in [1.29, 1.82) is 0 Å². The normalized spacial score (nSPS) is 20.5. The highest BCUT2D eigenvalue weighted by atomic mass is 35.5. The summed E-state index contributed by atoms with van der Waals surface area (Å²) in [6.45, 7) is 6.29. The molecule has 0 N–H and O–H groups in total. The van der Waals surface area contributed by atoms with Crippen LogP contribution in [0.3, 0.4) is 0 Å². The molecule has 2 aromatic rings. The molecular formula is C25H31ClN2O. The van der Waals surface area contributed by atoms with E-state index in [0.29, 0.717) is 18.3 Å². The molecular weight excluding hydrogens is 380 g/mol. The van der Waals surface area contributed by atoms with Crippen molar-refractivity contribution < 1.29 is 4.79 Å². The topological polar surface area (TPSA) is 23.6 Å². The molecule has 4 rings (SSSR count). The number of para-hydroxylation sites is 1. The Kier molecular flexibility index (Phi) is 6.56. The zero-order valence-corrected chi connectivity index (χ0v) is 18.1. The van der Waals surface area contributed by atoms with Gasteiger partial charge in [-0.05, 0) is 86.5 Å².